The maximum Gasteiger partial charge on any atom is 0.349 e. The van der Waals surface area contributed by atoms with Crippen LogP contribution in [0.2, 0.25) is 10.0 Å². The first kappa shape index (κ1) is 26.7. The summed E-state index contributed by atoms with van der Waals surface area (Å²) < 4.78 is 26.8. The molecule has 0 saturated carbocycles. The lowest BCUT2D eigenvalue weighted by molar-refractivity contribution is 0.0695. The number of rotatable bonds is 9. The number of piperidine rings is 1. The molecule has 38 heavy (non-hydrogen) atoms. The van der Waals surface area contributed by atoms with Gasteiger partial charge < -0.3 is 19.5 Å². The number of fused-ring (bicyclic) bond motifs is 1. The summed E-state index contributed by atoms with van der Waals surface area (Å²) in [6, 6.07) is 12.5. The molecule has 7 nitrogen and oxygen atoms in total. The van der Waals surface area contributed by atoms with Crippen molar-refractivity contribution in [3.8, 4) is 16.5 Å². The Morgan fingerprint density at radius 2 is 2.00 bits per heavy atom. The lowest BCUT2D eigenvalue weighted by atomic mass is 10.1. The summed E-state index contributed by atoms with van der Waals surface area (Å²) in [5.74, 6) is -0.293. The Morgan fingerprint density at radius 1 is 1.21 bits per heavy atom. The van der Waals surface area contributed by atoms with Crippen LogP contribution >= 0.6 is 34.5 Å². The molecule has 11 heteroatoms. The molecule has 2 aromatic heterocycles. The highest BCUT2D eigenvalue weighted by atomic mass is 35.5. The van der Waals surface area contributed by atoms with E-state index < -0.39 is 12.1 Å². The number of imidazole rings is 1. The van der Waals surface area contributed by atoms with Crippen molar-refractivity contribution in [3.05, 3.63) is 69.3 Å². The fourth-order valence-corrected chi connectivity index (χ4v) is 6.02. The Bertz CT molecular complexity index is 1450. The number of aromatic carboxylic acids is 1. The van der Waals surface area contributed by atoms with Crippen LogP contribution in [0.15, 0.2) is 48.8 Å². The Balaban J connectivity index is 1.35. The van der Waals surface area contributed by atoms with Crippen molar-refractivity contribution >= 4 is 51.5 Å². The van der Waals surface area contributed by atoms with Gasteiger partial charge in [0.15, 0.2) is 4.88 Å². The van der Waals surface area contributed by atoms with Gasteiger partial charge in [-0.15, -0.1) is 11.3 Å². The molecule has 0 amide bonds. The van der Waals surface area contributed by atoms with E-state index in [0.717, 1.165) is 42.8 Å². The van der Waals surface area contributed by atoms with E-state index in [9.17, 15) is 14.3 Å². The van der Waals surface area contributed by atoms with Gasteiger partial charge in [-0.2, -0.15) is 0 Å². The van der Waals surface area contributed by atoms with E-state index in [0.29, 0.717) is 38.4 Å². The number of benzene rings is 2. The second kappa shape index (κ2) is 11.5. The lowest BCUT2D eigenvalue weighted by Crippen LogP contribution is -2.39. The molecule has 0 bridgehead atoms. The van der Waals surface area contributed by atoms with E-state index in [1.54, 1.807) is 29.1 Å². The third-order valence-corrected chi connectivity index (χ3v) is 8.33. The molecule has 0 radical (unpaired) electrons. The standard InChI is InChI=1S/C27H26Cl2FN3O4S/c1-16(19-3-2-4-22(25(19)29)37-18-7-10-32(11-8-18)12-9-30)36-23-14-24(38-26(23)27(34)35)33-15-31-20-13-17(28)5-6-21(20)33/h2-6,13-16,18H,7-12H2,1H3,(H,34,35)/t16-/m1/s1. The second-order valence-corrected chi connectivity index (χ2v) is 10.9. The van der Waals surface area contributed by atoms with Crippen molar-refractivity contribution in [2.75, 3.05) is 26.3 Å². The van der Waals surface area contributed by atoms with Gasteiger partial charge in [-0.1, -0.05) is 35.3 Å². The molecule has 2 aromatic carbocycles. The Kier molecular flexibility index (Phi) is 8.09. The topological polar surface area (TPSA) is 76.8 Å². The molecule has 5 rings (SSSR count). The molecule has 1 fully saturated rings. The zero-order valence-corrected chi connectivity index (χ0v) is 22.9. The zero-order chi connectivity index (χ0) is 26.8. The summed E-state index contributed by atoms with van der Waals surface area (Å²) in [6.07, 6.45) is 2.66. The van der Waals surface area contributed by atoms with Gasteiger partial charge in [-0.3, -0.25) is 4.57 Å². The molecular weight excluding hydrogens is 552 g/mol. The van der Waals surface area contributed by atoms with Crippen LogP contribution in [-0.2, 0) is 0 Å². The monoisotopic (exact) mass is 577 g/mol. The van der Waals surface area contributed by atoms with Gasteiger partial charge in [0.1, 0.15) is 41.7 Å². The van der Waals surface area contributed by atoms with Gasteiger partial charge in [0.2, 0.25) is 0 Å². The fraction of sp³-hybridized carbons (Fsp3) is 0.333. The van der Waals surface area contributed by atoms with Crippen molar-refractivity contribution in [2.24, 2.45) is 0 Å². The molecule has 1 N–H and O–H groups in total. The molecule has 4 aromatic rings. The van der Waals surface area contributed by atoms with Gasteiger partial charge in [-0.25, -0.2) is 14.2 Å². The summed E-state index contributed by atoms with van der Waals surface area (Å²) in [7, 11) is 0. The van der Waals surface area contributed by atoms with E-state index in [1.807, 2.05) is 31.2 Å². The third-order valence-electron chi connectivity index (χ3n) is 6.59. The third kappa shape index (κ3) is 5.61. The predicted octanol–water partition coefficient (Wildman–Crippen LogP) is 7.04. The van der Waals surface area contributed by atoms with E-state index in [1.165, 1.54) is 0 Å². The molecule has 0 spiro atoms. The van der Waals surface area contributed by atoms with Crippen molar-refractivity contribution in [2.45, 2.75) is 32.0 Å². The molecule has 3 heterocycles. The van der Waals surface area contributed by atoms with E-state index in [4.69, 9.17) is 32.7 Å². The van der Waals surface area contributed by atoms with Crippen molar-refractivity contribution < 1.29 is 23.8 Å². The van der Waals surface area contributed by atoms with E-state index in [2.05, 4.69) is 9.88 Å². The van der Waals surface area contributed by atoms with Gasteiger partial charge in [0, 0.05) is 36.3 Å². The Morgan fingerprint density at radius 3 is 2.74 bits per heavy atom. The number of thiophene rings is 1. The zero-order valence-electron chi connectivity index (χ0n) is 20.6. The number of nitrogens with zero attached hydrogens (tertiary/aromatic N) is 3. The summed E-state index contributed by atoms with van der Waals surface area (Å²) in [5.41, 5.74) is 2.19. The Labute approximate surface area is 233 Å². The normalized spacial score (nSPS) is 15.6. The number of carboxylic acid groups (broad SMARTS) is 1. The maximum atomic E-state index is 12.6. The number of carbonyl (C=O) groups is 1. The number of ether oxygens (including phenoxy) is 2. The highest BCUT2D eigenvalue weighted by Crippen LogP contribution is 2.39. The molecule has 200 valence electrons. The molecule has 1 aliphatic rings. The summed E-state index contributed by atoms with van der Waals surface area (Å²) in [6.45, 7) is 3.48. The summed E-state index contributed by atoms with van der Waals surface area (Å²) in [4.78, 5) is 18.6. The molecule has 1 aliphatic heterocycles. The maximum absolute atomic E-state index is 12.6. The summed E-state index contributed by atoms with van der Waals surface area (Å²) >= 11 is 13.9. The number of carboxylic acids is 1. The first-order valence-electron chi connectivity index (χ1n) is 12.2. The highest BCUT2D eigenvalue weighted by molar-refractivity contribution is 7.16. The van der Waals surface area contributed by atoms with Crippen LogP contribution in [0, 0.1) is 0 Å². The van der Waals surface area contributed by atoms with E-state index in [-0.39, 0.29) is 23.4 Å². The first-order valence-corrected chi connectivity index (χ1v) is 13.8. The van der Waals surface area contributed by atoms with Crippen LogP contribution in [0.25, 0.3) is 16.0 Å². The molecule has 0 unspecified atom stereocenters. The van der Waals surface area contributed by atoms with Crippen LogP contribution in [0.4, 0.5) is 4.39 Å². The summed E-state index contributed by atoms with van der Waals surface area (Å²) in [5, 5.41) is 11.5. The first-order chi connectivity index (χ1) is 18.3. The molecule has 0 aliphatic carbocycles. The van der Waals surface area contributed by atoms with Gasteiger partial charge >= 0.3 is 5.97 Å². The van der Waals surface area contributed by atoms with Crippen molar-refractivity contribution in [1.82, 2.24) is 14.5 Å². The Hall–Kier alpha value is -2.85. The van der Waals surface area contributed by atoms with Crippen molar-refractivity contribution in [3.63, 3.8) is 0 Å². The van der Waals surface area contributed by atoms with Gasteiger partial charge in [0.25, 0.3) is 0 Å². The highest BCUT2D eigenvalue weighted by Gasteiger charge is 2.25. The second-order valence-electron chi connectivity index (χ2n) is 9.10. The lowest BCUT2D eigenvalue weighted by Gasteiger charge is -2.31. The average molecular weight is 578 g/mol. The number of alkyl halides is 1. The van der Waals surface area contributed by atoms with Crippen LogP contribution < -0.4 is 9.47 Å². The number of hydrogen-bond acceptors (Lipinski definition) is 6. The number of hydrogen-bond donors (Lipinski definition) is 1. The largest absolute Gasteiger partial charge is 0.489 e. The van der Waals surface area contributed by atoms with Crippen molar-refractivity contribution in [1.29, 1.82) is 0 Å². The average Bonchev–Trinajstić information content (AvgIpc) is 3.50. The van der Waals surface area contributed by atoms with Crippen LogP contribution in [0.5, 0.6) is 11.5 Å². The molecule has 1 saturated heterocycles. The minimum atomic E-state index is -1.09. The van der Waals surface area contributed by atoms with Crippen LogP contribution in [0.1, 0.15) is 41.1 Å². The molecule has 1 atom stereocenters. The van der Waals surface area contributed by atoms with Crippen LogP contribution in [-0.4, -0.2) is 57.9 Å². The molecular formula is C27H26Cl2FN3O4S. The minimum absolute atomic E-state index is 0.00670. The van der Waals surface area contributed by atoms with Gasteiger partial charge in [-0.05, 0) is 44.0 Å². The fourth-order valence-electron chi connectivity index (χ4n) is 4.62. The SMILES string of the molecule is C[C@@H](Oc1cc(-n2cnc3cc(Cl)ccc32)sc1C(=O)O)c1cccc(OC2CCN(CCF)CC2)c1Cl. The van der Waals surface area contributed by atoms with Crippen LogP contribution in [0.3, 0.4) is 0 Å². The minimum Gasteiger partial charge on any atom is -0.489 e. The number of likely N-dealkylation sites (tertiary alicyclic amines) is 1. The smallest absolute Gasteiger partial charge is 0.349 e. The van der Waals surface area contributed by atoms with E-state index >= 15 is 0 Å². The quantitative estimate of drug-likeness (QED) is 0.230. The predicted molar refractivity (Wildman–Crippen MR) is 147 cm³/mol. The van der Waals surface area contributed by atoms with Gasteiger partial charge in [0.05, 0.1) is 16.1 Å². The number of halogens is 3. The number of aromatic nitrogens is 2.